The highest BCUT2D eigenvalue weighted by molar-refractivity contribution is 5.90. The third-order valence-electron chi connectivity index (χ3n) is 1.22. The van der Waals surface area contributed by atoms with Crippen LogP contribution in [0, 0.1) is 0 Å². The van der Waals surface area contributed by atoms with Crippen LogP contribution in [0.5, 0.6) is 0 Å². The third-order valence-corrected chi connectivity index (χ3v) is 1.22. The van der Waals surface area contributed by atoms with Gasteiger partial charge in [-0.3, -0.25) is 0 Å². The number of allylic oxidation sites excluding steroid dienone is 1. The molecule has 0 N–H and O–H groups in total. The molecule has 0 radical (unpaired) electrons. The smallest absolute Gasteiger partial charge is 0.333 e. The van der Waals surface area contributed by atoms with E-state index in [0.29, 0.717) is 6.61 Å². The highest BCUT2D eigenvalue weighted by Gasteiger charge is 2.16. The minimum atomic E-state index is -0.146. The zero-order chi connectivity index (χ0) is 5.98. The van der Waals surface area contributed by atoms with Crippen LogP contribution in [0.25, 0.3) is 0 Å². The lowest BCUT2D eigenvalue weighted by molar-refractivity contribution is -0.135. The van der Waals surface area contributed by atoms with E-state index in [9.17, 15) is 4.79 Å². The molecule has 1 heterocycles. The molecular formula is C6H8O2. The van der Waals surface area contributed by atoms with Gasteiger partial charge in [-0.25, -0.2) is 4.79 Å². The highest BCUT2D eigenvalue weighted by Crippen LogP contribution is 2.11. The molecule has 0 aromatic carbocycles. The monoisotopic (exact) mass is 112 g/mol. The molecule has 0 saturated carbocycles. The Labute approximate surface area is 48.1 Å². The molecule has 1 fully saturated rings. The first-order valence-electron chi connectivity index (χ1n) is 2.67. The van der Waals surface area contributed by atoms with Gasteiger partial charge in [0.1, 0.15) is 0 Å². The maximum Gasteiger partial charge on any atom is 0.333 e. The molecule has 1 rings (SSSR count). The van der Waals surface area contributed by atoms with Crippen molar-refractivity contribution >= 4 is 5.97 Å². The average Bonchev–Trinajstić information content (AvgIpc) is 2.14. The van der Waals surface area contributed by atoms with E-state index in [0.717, 1.165) is 12.0 Å². The first-order valence-corrected chi connectivity index (χ1v) is 2.67. The Morgan fingerprint density at radius 2 is 2.50 bits per heavy atom. The fourth-order valence-electron chi connectivity index (χ4n) is 0.711. The second-order valence-corrected chi connectivity index (χ2v) is 1.70. The van der Waals surface area contributed by atoms with Crippen molar-refractivity contribution in [3.8, 4) is 0 Å². The standard InChI is InChI=1S/C6H8O2/c1-2-5-3-4-8-6(5)7/h2H,3-4H2,1H3/b5-2+. The molecule has 0 aromatic rings. The zero-order valence-corrected chi connectivity index (χ0v) is 4.81. The van der Waals surface area contributed by atoms with Crippen molar-refractivity contribution < 1.29 is 9.53 Å². The van der Waals surface area contributed by atoms with E-state index in [1.165, 1.54) is 0 Å². The molecule has 0 atom stereocenters. The van der Waals surface area contributed by atoms with Gasteiger partial charge < -0.3 is 4.74 Å². The Hall–Kier alpha value is -0.790. The van der Waals surface area contributed by atoms with Crippen LogP contribution in [-0.4, -0.2) is 12.6 Å². The Bertz CT molecular complexity index is 135. The number of esters is 1. The van der Waals surface area contributed by atoms with Crippen molar-refractivity contribution in [3.63, 3.8) is 0 Å². The molecule has 1 saturated heterocycles. The van der Waals surface area contributed by atoms with Crippen LogP contribution in [0.1, 0.15) is 13.3 Å². The highest BCUT2D eigenvalue weighted by atomic mass is 16.5. The Balaban J connectivity index is 2.69. The summed E-state index contributed by atoms with van der Waals surface area (Å²) in [5.41, 5.74) is 0.810. The van der Waals surface area contributed by atoms with E-state index in [-0.39, 0.29) is 5.97 Å². The molecule has 1 aliphatic rings. The second kappa shape index (κ2) is 1.99. The minimum absolute atomic E-state index is 0.146. The van der Waals surface area contributed by atoms with Crippen LogP contribution in [0.4, 0.5) is 0 Å². The van der Waals surface area contributed by atoms with Gasteiger partial charge in [0.25, 0.3) is 0 Å². The summed E-state index contributed by atoms with van der Waals surface area (Å²) in [5.74, 6) is -0.146. The van der Waals surface area contributed by atoms with Crippen molar-refractivity contribution in [2.75, 3.05) is 6.61 Å². The summed E-state index contributed by atoms with van der Waals surface area (Å²) in [6, 6.07) is 0. The second-order valence-electron chi connectivity index (χ2n) is 1.70. The molecule has 0 bridgehead atoms. The van der Waals surface area contributed by atoms with E-state index in [1.54, 1.807) is 6.08 Å². The van der Waals surface area contributed by atoms with E-state index in [2.05, 4.69) is 4.74 Å². The largest absolute Gasteiger partial charge is 0.462 e. The van der Waals surface area contributed by atoms with Crippen LogP contribution < -0.4 is 0 Å². The maximum absolute atomic E-state index is 10.5. The predicted octanol–water partition coefficient (Wildman–Crippen LogP) is 0.880. The predicted molar refractivity (Wildman–Crippen MR) is 29.3 cm³/mol. The van der Waals surface area contributed by atoms with Crippen molar-refractivity contribution in [1.82, 2.24) is 0 Å². The van der Waals surface area contributed by atoms with Crippen LogP contribution >= 0.6 is 0 Å². The van der Waals surface area contributed by atoms with Gasteiger partial charge in [-0.15, -0.1) is 0 Å². The number of rotatable bonds is 0. The first-order chi connectivity index (χ1) is 3.84. The molecule has 0 aromatic heterocycles. The van der Waals surface area contributed by atoms with E-state index < -0.39 is 0 Å². The van der Waals surface area contributed by atoms with Crippen LogP contribution in [0.3, 0.4) is 0 Å². The van der Waals surface area contributed by atoms with Gasteiger partial charge in [0.15, 0.2) is 0 Å². The average molecular weight is 112 g/mol. The summed E-state index contributed by atoms with van der Waals surface area (Å²) in [5, 5.41) is 0. The number of hydrogen-bond acceptors (Lipinski definition) is 2. The molecule has 0 aliphatic carbocycles. The lowest BCUT2D eigenvalue weighted by Gasteiger charge is -1.84. The normalized spacial score (nSPS) is 24.1. The summed E-state index contributed by atoms with van der Waals surface area (Å²) in [6.45, 7) is 2.42. The lowest BCUT2D eigenvalue weighted by atomic mass is 10.2. The van der Waals surface area contributed by atoms with Gasteiger partial charge in [0.05, 0.1) is 6.61 Å². The van der Waals surface area contributed by atoms with E-state index >= 15 is 0 Å². The first kappa shape index (κ1) is 5.35. The van der Waals surface area contributed by atoms with Gasteiger partial charge in [-0.05, 0) is 6.92 Å². The molecule has 1 aliphatic heterocycles. The summed E-state index contributed by atoms with van der Waals surface area (Å²) in [7, 11) is 0. The number of carbonyl (C=O) groups is 1. The fraction of sp³-hybridized carbons (Fsp3) is 0.500. The number of ether oxygens (including phenoxy) is 1. The maximum atomic E-state index is 10.5. The zero-order valence-electron chi connectivity index (χ0n) is 4.81. The minimum Gasteiger partial charge on any atom is -0.462 e. The van der Waals surface area contributed by atoms with Crippen molar-refractivity contribution in [2.24, 2.45) is 0 Å². The van der Waals surface area contributed by atoms with Gasteiger partial charge in [-0.2, -0.15) is 0 Å². The summed E-state index contributed by atoms with van der Waals surface area (Å²) in [6.07, 6.45) is 2.59. The summed E-state index contributed by atoms with van der Waals surface area (Å²) in [4.78, 5) is 10.5. The number of carbonyl (C=O) groups excluding carboxylic acids is 1. The fourth-order valence-corrected chi connectivity index (χ4v) is 0.711. The van der Waals surface area contributed by atoms with Gasteiger partial charge >= 0.3 is 5.97 Å². The summed E-state index contributed by atoms with van der Waals surface area (Å²) < 4.78 is 4.65. The SMILES string of the molecule is C/C=C1\CCOC1=O. The van der Waals surface area contributed by atoms with Gasteiger partial charge in [0, 0.05) is 12.0 Å². The number of hydrogen-bond donors (Lipinski definition) is 0. The number of cyclic esters (lactones) is 1. The van der Waals surface area contributed by atoms with Gasteiger partial charge in [0.2, 0.25) is 0 Å². The van der Waals surface area contributed by atoms with Crippen molar-refractivity contribution in [1.29, 1.82) is 0 Å². The quantitative estimate of drug-likeness (QED) is 0.343. The molecule has 0 amide bonds. The molecule has 2 nitrogen and oxygen atoms in total. The molecular weight excluding hydrogens is 104 g/mol. The molecule has 44 valence electrons. The lowest BCUT2D eigenvalue weighted by Crippen LogP contribution is -1.93. The third kappa shape index (κ3) is 0.735. The van der Waals surface area contributed by atoms with E-state index in [1.807, 2.05) is 6.92 Å². The summed E-state index contributed by atoms with van der Waals surface area (Å²) >= 11 is 0. The Morgan fingerprint density at radius 3 is 2.75 bits per heavy atom. The molecule has 0 spiro atoms. The van der Waals surface area contributed by atoms with Gasteiger partial charge in [-0.1, -0.05) is 6.08 Å². The van der Waals surface area contributed by atoms with Crippen LogP contribution in [0.2, 0.25) is 0 Å². The molecule has 8 heavy (non-hydrogen) atoms. The topological polar surface area (TPSA) is 26.3 Å². The molecule has 0 unspecified atom stereocenters. The van der Waals surface area contributed by atoms with Crippen molar-refractivity contribution in [3.05, 3.63) is 11.6 Å². The van der Waals surface area contributed by atoms with Crippen LogP contribution in [0.15, 0.2) is 11.6 Å². The molecule has 2 heteroatoms. The Morgan fingerprint density at radius 1 is 1.75 bits per heavy atom. The Kier molecular flexibility index (Phi) is 1.33. The van der Waals surface area contributed by atoms with Crippen molar-refractivity contribution in [2.45, 2.75) is 13.3 Å². The van der Waals surface area contributed by atoms with E-state index in [4.69, 9.17) is 0 Å². The van der Waals surface area contributed by atoms with Crippen LogP contribution in [-0.2, 0) is 9.53 Å².